The molecule has 1 fully saturated rings. The first-order valence-corrected chi connectivity index (χ1v) is 10.9. The molecular weight excluding hydrogens is 408 g/mol. The summed E-state index contributed by atoms with van der Waals surface area (Å²) in [5.41, 5.74) is 10.8. The van der Waals surface area contributed by atoms with Crippen molar-refractivity contribution in [2.75, 3.05) is 11.4 Å². The number of benzene rings is 2. The Hall–Kier alpha value is -3.52. The number of carbonyl (C=O) groups is 4. The molecule has 3 heterocycles. The smallest absolute Gasteiger partial charge is 0.262 e. The van der Waals surface area contributed by atoms with Gasteiger partial charge >= 0.3 is 0 Å². The lowest BCUT2D eigenvalue weighted by atomic mass is 9.95. The van der Waals surface area contributed by atoms with E-state index < -0.39 is 23.8 Å². The van der Waals surface area contributed by atoms with Crippen LogP contribution in [0.1, 0.15) is 56.7 Å². The molecule has 32 heavy (non-hydrogen) atoms. The molecule has 0 aliphatic carbocycles. The fraction of sp³-hybridized carbons (Fsp3) is 0.333. The Kier molecular flexibility index (Phi) is 5.01. The highest BCUT2D eigenvalue weighted by Gasteiger charge is 2.45. The largest absolute Gasteiger partial charge is 0.367 e. The lowest BCUT2D eigenvalue weighted by Crippen LogP contribution is -2.54. The molecule has 8 heteroatoms. The first-order chi connectivity index (χ1) is 15.5. The predicted octanol–water partition coefficient (Wildman–Crippen LogP) is 1.50. The van der Waals surface area contributed by atoms with Crippen LogP contribution < -0.4 is 16.0 Å². The summed E-state index contributed by atoms with van der Waals surface area (Å²) in [7, 11) is 0. The van der Waals surface area contributed by atoms with Gasteiger partial charge in [-0.25, -0.2) is 0 Å². The van der Waals surface area contributed by atoms with Crippen molar-refractivity contribution in [3.8, 4) is 0 Å². The minimum atomic E-state index is -0.962. The normalized spacial score (nSPS) is 20.3. The number of nitrogens with zero attached hydrogens (tertiary/aromatic N) is 2. The molecule has 1 atom stereocenters. The SMILES string of the molecule is NCc1cccc2c1CCCN2Cc1cccc2c1C(=O)N(C1CCC(=O)NC1=O)C2=O. The number of hydrogen-bond donors (Lipinski definition) is 2. The molecule has 0 bridgehead atoms. The van der Waals surface area contributed by atoms with E-state index in [1.54, 1.807) is 12.1 Å². The maximum Gasteiger partial charge on any atom is 0.262 e. The van der Waals surface area contributed by atoms with Crippen molar-refractivity contribution in [1.82, 2.24) is 10.2 Å². The third-order valence-electron chi connectivity index (χ3n) is 6.58. The number of piperidine rings is 1. The molecule has 3 aliphatic rings. The molecule has 3 aliphatic heterocycles. The van der Waals surface area contributed by atoms with Crippen LogP contribution in [0.15, 0.2) is 36.4 Å². The summed E-state index contributed by atoms with van der Waals surface area (Å²) >= 11 is 0. The maximum absolute atomic E-state index is 13.3. The fourth-order valence-electron chi connectivity index (χ4n) is 5.05. The van der Waals surface area contributed by atoms with E-state index in [0.29, 0.717) is 24.2 Å². The van der Waals surface area contributed by atoms with Crippen LogP contribution in [0.25, 0.3) is 0 Å². The molecule has 2 aromatic rings. The summed E-state index contributed by atoms with van der Waals surface area (Å²) in [6, 6.07) is 10.4. The van der Waals surface area contributed by atoms with Gasteiger partial charge in [-0.2, -0.15) is 0 Å². The van der Waals surface area contributed by atoms with E-state index >= 15 is 0 Å². The second kappa shape index (κ2) is 7.87. The van der Waals surface area contributed by atoms with Crippen molar-refractivity contribution in [2.24, 2.45) is 5.73 Å². The molecule has 1 unspecified atom stereocenters. The van der Waals surface area contributed by atoms with Gasteiger partial charge in [0.1, 0.15) is 6.04 Å². The van der Waals surface area contributed by atoms with Crippen LogP contribution in [0.3, 0.4) is 0 Å². The Morgan fingerprint density at radius 3 is 2.53 bits per heavy atom. The Labute approximate surface area is 185 Å². The maximum atomic E-state index is 13.3. The second-order valence-electron chi connectivity index (χ2n) is 8.43. The summed E-state index contributed by atoms with van der Waals surface area (Å²) in [5.74, 6) is -1.94. The van der Waals surface area contributed by atoms with E-state index in [1.165, 1.54) is 5.56 Å². The monoisotopic (exact) mass is 432 g/mol. The Morgan fingerprint density at radius 1 is 0.969 bits per heavy atom. The number of carbonyl (C=O) groups excluding carboxylic acids is 4. The number of hydrogen-bond acceptors (Lipinski definition) is 6. The predicted molar refractivity (Wildman–Crippen MR) is 117 cm³/mol. The number of nitrogens with two attached hydrogens (primary N) is 1. The van der Waals surface area contributed by atoms with Gasteiger partial charge in [0, 0.05) is 31.7 Å². The molecule has 8 nitrogen and oxygen atoms in total. The molecule has 0 radical (unpaired) electrons. The number of rotatable bonds is 4. The summed E-state index contributed by atoms with van der Waals surface area (Å²) in [6.45, 7) is 1.79. The van der Waals surface area contributed by atoms with Crippen molar-refractivity contribution < 1.29 is 19.2 Å². The fourth-order valence-corrected chi connectivity index (χ4v) is 5.05. The van der Waals surface area contributed by atoms with Gasteiger partial charge in [0.05, 0.1) is 11.1 Å². The van der Waals surface area contributed by atoms with E-state index in [4.69, 9.17) is 5.73 Å². The quantitative estimate of drug-likeness (QED) is 0.708. The number of imide groups is 2. The van der Waals surface area contributed by atoms with Gasteiger partial charge in [0.25, 0.3) is 11.8 Å². The molecule has 164 valence electrons. The van der Waals surface area contributed by atoms with Crippen LogP contribution in [0.2, 0.25) is 0 Å². The van der Waals surface area contributed by atoms with Gasteiger partial charge in [-0.15, -0.1) is 0 Å². The highest BCUT2D eigenvalue weighted by atomic mass is 16.2. The van der Waals surface area contributed by atoms with Crippen molar-refractivity contribution in [3.63, 3.8) is 0 Å². The van der Waals surface area contributed by atoms with E-state index in [-0.39, 0.29) is 18.7 Å². The van der Waals surface area contributed by atoms with E-state index in [0.717, 1.165) is 41.1 Å². The first kappa shape index (κ1) is 20.4. The third kappa shape index (κ3) is 3.18. The molecule has 2 aromatic carbocycles. The third-order valence-corrected chi connectivity index (χ3v) is 6.58. The van der Waals surface area contributed by atoms with Crippen LogP contribution >= 0.6 is 0 Å². The van der Waals surface area contributed by atoms with Crippen molar-refractivity contribution in [2.45, 2.75) is 44.8 Å². The number of amides is 4. The van der Waals surface area contributed by atoms with Crippen molar-refractivity contribution in [3.05, 3.63) is 64.2 Å². The standard InChI is InChI=1S/C24H24N4O4/c25-12-14-4-2-8-18-16(14)7-3-11-27(18)13-15-5-1-6-17-21(15)24(32)28(23(17)31)19-9-10-20(29)26-22(19)30/h1-2,4-6,8,19H,3,7,9-13,25H2,(H,26,29,30). The number of anilines is 1. The van der Waals surface area contributed by atoms with Gasteiger partial charge in [0.15, 0.2) is 0 Å². The minimum absolute atomic E-state index is 0.102. The molecule has 0 aromatic heterocycles. The second-order valence-corrected chi connectivity index (χ2v) is 8.43. The van der Waals surface area contributed by atoms with Gasteiger partial charge < -0.3 is 10.6 Å². The zero-order valence-corrected chi connectivity index (χ0v) is 17.6. The molecule has 5 rings (SSSR count). The van der Waals surface area contributed by atoms with Gasteiger partial charge in [-0.1, -0.05) is 24.3 Å². The van der Waals surface area contributed by atoms with E-state index in [1.807, 2.05) is 18.2 Å². The number of fused-ring (bicyclic) bond motifs is 2. The minimum Gasteiger partial charge on any atom is -0.367 e. The Bertz CT molecular complexity index is 1160. The lowest BCUT2D eigenvalue weighted by Gasteiger charge is -2.33. The highest BCUT2D eigenvalue weighted by molar-refractivity contribution is 6.24. The van der Waals surface area contributed by atoms with Gasteiger partial charge in [-0.05, 0) is 48.1 Å². The summed E-state index contributed by atoms with van der Waals surface area (Å²) in [5, 5.41) is 2.23. The summed E-state index contributed by atoms with van der Waals surface area (Å²) < 4.78 is 0. The number of nitrogens with one attached hydrogen (secondary N) is 1. The van der Waals surface area contributed by atoms with Crippen LogP contribution in [-0.4, -0.2) is 41.1 Å². The van der Waals surface area contributed by atoms with Gasteiger partial charge in [0.2, 0.25) is 11.8 Å². The molecule has 0 spiro atoms. The average Bonchev–Trinajstić information content (AvgIpc) is 3.05. The average molecular weight is 432 g/mol. The highest BCUT2D eigenvalue weighted by Crippen LogP contribution is 2.34. The summed E-state index contributed by atoms with van der Waals surface area (Å²) in [6.07, 6.45) is 2.19. The van der Waals surface area contributed by atoms with Gasteiger partial charge in [-0.3, -0.25) is 29.4 Å². The zero-order valence-electron chi connectivity index (χ0n) is 17.6. The van der Waals surface area contributed by atoms with E-state index in [2.05, 4.69) is 16.3 Å². The summed E-state index contributed by atoms with van der Waals surface area (Å²) in [4.78, 5) is 53.5. The lowest BCUT2D eigenvalue weighted by molar-refractivity contribution is -0.136. The molecule has 1 saturated heterocycles. The molecular formula is C24H24N4O4. The van der Waals surface area contributed by atoms with Crippen LogP contribution in [0.4, 0.5) is 5.69 Å². The van der Waals surface area contributed by atoms with Crippen LogP contribution in [0, 0.1) is 0 Å². The molecule has 3 N–H and O–H groups in total. The topological polar surface area (TPSA) is 113 Å². The first-order valence-electron chi connectivity index (χ1n) is 10.9. The van der Waals surface area contributed by atoms with Crippen LogP contribution in [-0.2, 0) is 29.1 Å². The van der Waals surface area contributed by atoms with Crippen molar-refractivity contribution in [1.29, 1.82) is 0 Å². The molecule has 0 saturated carbocycles. The van der Waals surface area contributed by atoms with Crippen LogP contribution in [0.5, 0.6) is 0 Å². The zero-order chi connectivity index (χ0) is 22.4. The molecule has 4 amide bonds. The van der Waals surface area contributed by atoms with Crippen molar-refractivity contribution >= 4 is 29.3 Å². The Balaban J connectivity index is 1.47. The Morgan fingerprint density at radius 2 is 1.75 bits per heavy atom. The van der Waals surface area contributed by atoms with E-state index in [9.17, 15) is 19.2 Å².